The van der Waals surface area contributed by atoms with Gasteiger partial charge in [-0.15, -0.1) is 0 Å². The van der Waals surface area contributed by atoms with Gasteiger partial charge in [0.15, 0.2) is 0 Å². The van der Waals surface area contributed by atoms with Crippen molar-refractivity contribution >= 4 is 0 Å². The molecule has 2 aliphatic rings. The van der Waals surface area contributed by atoms with Crippen LogP contribution in [0.3, 0.4) is 0 Å². The number of rotatable bonds is 5. The lowest BCUT2D eigenvalue weighted by Gasteiger charge is -2.35. The standard InChI is InChI=1S/C18H37N3/c1-17(2,3)19-14-18(4,5)15-20-12-9-16(13-20)21-10-7-6-8-11-21/h16,19H,6-15H2,1-5H3. The second kappa shape index (κ2) is 6.97. The van der Waals surface area contributed by atoms with Crippen molar-refractivity contribution < 1.29 is 0 Å². The van der Waals surface area contributed by atoms with Crippen LogP contribution in [-0.2, 0) is 0 Å². The summed E-state index contributed by atoms with van der Waals surface area (Å²) in [5.74, 6) is 0. The first kappa shape index (κ1) is 17.2. The summed E-state index contributed by atoms with van der Waals surface area (Å²) in [7, 11) is 0. The third kappa shape index (κ3) is 5.88. The molecule has 2 aliphatic heterocycles. The van der Waals surface area contributed by atoms with Gasteiger partial charge in [0.05, 0.1) is 0 Å². The summed E-state index contributed by atoms with van der Waals surface area (Å²) in [5, 5.41) is 3.67. The molecule has 1 atom stereocenters. The highest BCUT2D eigenvalue weighted by Gasteiger charge is 2.31. The first-order valence-corrected chi connectivity index (χ1v) is 8.97. The molecule has 2 saturated heterocycles. The molecule has 3 nitrogen and oxygen atoms in total. The quantitative estimate of drug-likeness (QED) is 0.841. The molecular formula is C18H37N3. The highest BCUT2D eigenvalue weighted by atomic mass is 15.3. The van der Waals surface area contributed by atoms with E-state index in [1.54, 1.807) is 0 Å². The van der Waals surface area contributed by atoms with Crippen LogP contribution in [0.25, 0.3) is 0 Å². The van der Waals surface area contributed by atoms with E-state index in [-0.39, 0.29) is 5.54 Å². The Morgan fingerprint density at radius 3 is 2.24 bits per heavy atom. The van der Waals surface area contributed by atoms with Gasteiger partial charge in [-0.3, -0.25) is 4.90 Å². The predicted octanol–water partition coefficient (Wildman–Crippen LogP) is 2.96. The molecule has 0 radical (unpaired) electrons. The number of piperidine rings is 1. The van der Waals surface area contributed by atoms with E-state index >= 15 is 0 Å². The molecule has 0 saturated carbocycles. The predicted molar refractivity (Wildman–Crippen MR) is 91.8 cm³/mol. The minimum absolute atomic E-state index is 0.221. The first-order chi connectivity index (χ1) is 9.75. The van der Waals surface area contributed by atoms with E-state index in [9.17, 15) is 0 Å². The lowest BCUT2D eigenvalue weighted by molar-refractivity contribution is 0.146. The van der Waals surface area contributed by atoms with Crippen LogP contribution >= 0.6 is 0 Å². The third-order valence-electron chi connectivity index (χ3n) is 4.90. The summed E-state index contributed by atoms with van der Waals surface area (Å²) >= 11 is 0. The second-order valence-corrected chi connectivity index (χ2v) is 9.04. The van der Waals surface area contributed by atoms with Crippen LogP contribution in [0.5, 0.6) is 0 Å². The minimum atomic E-state index is 0.221. The minimum Gasteiger partial charge on any atom is -0.311 e. The summed E-state index contributed by atoms with van der Waals surface area (Å²) in [6.07, 6.45) is 5.65. The Hall–Kier alpha value is -0.120. The Kier molecular flexibility index (Phi) is 5.72. The monoisotopic (exact) mass is 295 g/mol. The zero-order valence-electron chi connectivity index (χ0n) is 15.0. The van der Waals surface area contributed by atoms with Crippen LogP contribution in [0.4, 0.5) is 0 Å². The average Bonchev–Trinajstić information content (AvgIpc) is 2.85. The summed E-state index contributed by atoms with van der Waals surface area (Å²) in [4.78, 5) is 5.45. The maximum Gasteiger partial charge on any atom is 0.0235 e. The van der Waals surface area contributed by atoms with E-state index in [0.717, 1.165) is 12.6 Å². The highest BCUT2D eigenvalue weighted by Crippen LogP contribution is 2.24. The molecule has 2 rings (SSSR count). The second-order valence-electron chi connectivity index (χ2n) is 9.04. The Morgan fingerprint density at radius 1 is 0.952 bits per heavy atom. The van der Waals surface area contributed by atoms with Crippen LogP contribution in [0.15, 0.2) is 0 Å². The normalized spacial score (nSPS) is 26.4. The van der Waals surface area contributed by atoms with Gasteiger partial charge in [-0.2, -0.15) is 0 Å². The van der Waals surface area contributed by atoms with Gasteiger partial charge in [-0.1, -0.05) is 20.3 Å². The molecule has 0 amide bonds. The van der Waals surface area contributed by atoms with Gasteiger partial charge < -0.3 is 10.2 Å². The van der Waals surface area contributed by atoms with Crippen molar-refractivity contribution in [1.82, 2.24) is 15.1 Å². The maximum absolute atomic E-state index is 3.67. The fraction of sp³-hybridized carbons (Fsp3) is 1.00. The van der Waals surface area contributed by atoms with Crippen LogP contribution < -0.4 is 5.32 Å². The molecule has 124 valence electrons. The number of hydrogen-bond donors (Lipinski definition) is 1. The molecule has 1 N–H and O–H groups in total. The van der Waals surface area contributed by atoms with Crippen molar-refractivity contribution in [2.75, 3.05) is 39.3 Å². The summed E-state index contributed by atoms with van der Waals surface area (Å²) in [6, 6.07) is 0.830. The molecule has 1 unspecified atom stereocenters. The summed E-state index contributed by atoms with van der Waals surface area (Å²) < 4.78 is 0. The Labute approximate surface area is 132 Å². The molecular weight excluding hydrogens is 258 g/mol. The van der Waals surface area contributed by atoms with Gasteiger partial charge in [-0.05, 0) is 65.1 Å². The molecule has 0 bridgehead atoms. The third-order valence-corrected chi connectivity index (χ3v) is 4.90. The van der Waals surface area contributed by atoms with Crippen LogP contribution in [-0.4, -0.2) is 60.6 Å². The van der Waals surface area contributed by atoms with E-state index in [1.807, 2.05) is 0 Å². The Morgan fingerprint density at radius 2 is 1.62 bits per heavy atom. The zero-order chi connectivity index (χ0) is 15.5. The smallest absolute Gasteiger partial charge is 0.0235 e. The van der Waals surface area contributed by atoms with Crippen molar-refractivity contribution in [3.05, 3.63) is 0 Å². The fourth-order valence-corrected chi connectivity index (χ4v) is 3.70. The van der Waals surface area contributed by atoms with E-state index in [4.69, 9.17) is 0 Å². The molecule has 2 fully saturated rings. The lowest BCUT2D eigenvalue weighted by atomic mass is 9.91. The number of likely N-dealkylation sites (tertiary alicyclic amines) is 2. The van der Waals surface area contributed by atoms with Gasteiger partial charge in [0.25, 0.3) is 0 Å². The maximum atomic E-state index is 3.67. The van der Waals surface area contributed by atoms with E-state index in [1.165, 1.54) is 58.4 Å². The number of hydrogen-bond acceptors (Lipinski definition) is 3. The van der Waals surface area contributed by atoms with Crippen LogP contribution in [0, 0.1) is 5.41 Å². The van der Waals surface area contributed by atoms with Gasteiger partial charge in [0.1, 0.15) is 0 Å². The van der Waals surface area contributed by atoms with Crippen LogP contribution in [0.1, 0.15) is 60.3 Å². The van der Waals surface area contributed by atoms with Gasteiger partial charge in [0.2, 0.25) is 0 Å². The first-order valence-electron chi connectivity index (χ1n) is 8.97. The van der Waals surface area contributed by atoms with Crippen molar-refractivity contribution in [3.63, 3.8) is 0 Å². The average molecular weight is 296 g/mol. The van der Waals surface area contributed by atoms with Gasteiger partial charge in [0, 0.05) is 31.2 Å². The fourth-order valence-electron chi connectivity index (χ4n) is 3.70. The van der Waals surface area contributed by atoms with Crippen LogP contribution in [0.2, 0.25) is 0 Å². The van der Waals surface area contributed by atoms with Crippen molar-refractivity contribution in [2.24, 2.45) is 5.41 Å². The Balaban J connectivity index is 1.75. The number of nitrogens with zero attached hydrogens (tertiary/aromatic N) is 2. The summed E-state index contributed by atoms with van der Waals surface area (Å²) in [5.41, 5.74) is 0.572. The SMILES string of the molecule is CC(C)(CNC(C)(C)C)CN1CCC(N2CCCCC2)C1. The molecule has 0 aliphatic carbocycles. The molecule has 0 spiro atoms. The molecule has 0 aromatic carbocycles. The Bertz CT molecular complexity index is 313. The zero-order valence-corrected chi connectivity index (χ0v) is 15.0. The summed E-state index contributed by atoms with van der Waals surface area (Å²) in [6.45, 7) is 19.2. The van der Waals surface area contributed by atoms with E-state index < -0.39 is 0 Å². The molecule has 21 heavy (non-hydrogen) atoms. The lowest BCUT2D eigenvalue weighted by Crippen LogP contribution is -2.46. The highest BCUT2D eigenvalue weighted by molar-refractivity contribution is 4.88. The molecule has 3 heteroatoms. The number of nitrogens with one attached hydrogen (secondary N) is 1. The van der Waals surface area contributed by atoms with Crippen molar-refractivity contribution in [2.45, 2.75) is 71.9 Å². The van der Waals surface area contributed by atoms with E-state index in [2.05, 4.69) is 49.7 Å². The van der Waals surface area contributed by atoms with Gasteiger partial charge in [-0.25, -0.2) is 0 Å². The van der Waals surface area contributed by atoms with E-state index in [0.29, 0.717) is 5.41 Å². The topological polar surface area (TPSA) is 18.5 Å². The largest absolute Gasteiger partial charge is 0.311 e. The molecule has 0 aromatic rings. The van der Waals surface area contributed by atoms with Crippen molar-refractivity contribution in [3.8, 4) is 0 Å². The van der Waals surface area contributed by atoms with Crippen molar-refractivity contribution in [1.29, 1.82) is 0 Å². The molecule has 0 aromatic heterocycles. The molecule has 2 heterocycles. The van der Waals surface area contributed by atoms with Gasteiger partial charge >= 0.3 is 0 Å².